The number of nitrogens with one attached hydrogen (secondary N) is 1. The normalized spacial score (nSPS) is 17.2. The van der Waals surface area contributed by atoms with E-state index in [9.17, 15) is 5.11 Å². The number of fused-ring (bicyclic) bond motifs is 1. The molecule has 2 N–H and O–H groups in total. The molecule has 0 heterocycles. The molecule has 1 aliphatic carbocycles. The van der Waals surface area contributed by atoms with Gasteiger partial charge in [0, 0.05) is 0 Å². The van der Waals surface area contributed by atoms with Gasteiger partial charge in [-0.05, 0) is 79.9 Å². The van der Waals surface area contributed by atoms with Gasteiger partial charge in [-0.1, -0.05) is 36.4 Å². The summed E-state index contributed by atoms with van der Waals surface area (Å²) >= 11 is 0. The predicted molar refractivity (Wildman–Crippen MR) is 91.4 cm³/mol. The maximum Gasteiger partial charge on any atom is 0.118 e. The zero-order valence-electron chi connectivity index (χ0n) is 13.3. The molecule has 2 aromatic rings. The van der Waals surface area contributed by atoms with Crippen molar-refractivity contribution < 1.29 is 5.11 Å². The standard InChI is InChI=1S/C20H25NO/c1-15-12-16(7-9-20(15)22)10-11-21-14-17-6-8-18-4-2-3-5-19(18)13-17/h2-5,7,9,12,17,21-22H,6,8,10-11,13-14H2,1H3. The molecule has 2 aromatic carbocycles. The molecule has 2 heteroatoms. The second-order valence-corrected chi connectivity index (χ2v) is 6.45. The Labute approximate surface area is 133 Å². The molecule has 1 atom stereocenters. The highest BCUT2D eigenvalue weighted by atomic mass is 16.3. The fourth-order valence-corrected chi connectivity index (χ4v) is 3.36. The lowest BCUT2D eigenvalue weighted by Gasteiger charge is -2.24. The Bertz CT molecular complexity index is 635. The van der Waals surface area contributed by atoms with E-state index >= 15 is 0 Å². The predicted octanol–water partition coefficient (Wildman–Crippen LogP) is 3.64. The van der Waals surface area contributed by atoms with Crippen molar-refractivity contribution >= 4 is 0 Å². The number of aryl methyl sites for hydroxylation is 2. The highest BCUT2D eigenvalue weighted by Crippen LogP contribution is 2.24. The largest absolute Gasteiger partial charge is 0.508 e. The van der Waals surface area contributed by atoms with Crippen molar-refractivity contribution in [2.75, 3.05) is 13.1 Å². The monoisotopic (exact) mass is 295 g/mol. The lowest BCUT2D eigenvalue weighted by atomic mass is 9.84. The first-order valence-electron chi connectivity index (χ1n) is 8.28. The topological polar surface area (TPSA) is 32.3 Å². The highest BCUT2D eigenvalue weighted by molar-refractivity contribution is 5.35. The van der Waals surface area contributed by atoms with E-state index in [4.69, 9.17) is 0 Å². The average molecular weight is 295 g/mol. The molecule has 3 rings (SSSR count). The summed E-state index contributed by atoms with van der Waals surface area (Å²) in [6.07, 6.45) is 4.74. The van der Waals surface area contributed by atoms with Crippen molar-refractivity contribution in [3.8, 4) is 5.75 Å². The summed E-state index contributed by atoms with van der Waals surface area (Å²) in [5, 5.41) is 13.2. The average Bonchev–Trinajstić information content (AvgIpc) is 2.54. The molecule has 0 aliphatic heterocycles. The van der Waals surface area contributed by atoms with Crippen LogP contribution in [0.25, 0.3) is 0 Å². The van der Waals surface area contributed by atoms with Crippen molar-refractivity contribution in [2.24, 2.45) is 5.92 Å². The van der Waals surface area contributed by atoms with Gasteiger partial charge in [0.25, 0.3) is 0 Å². The number of phenols is 1. The zero-order chi connectivity index (χ0) is 15.4. The maximum atomic E-state index is 9.55. The zero-order valence-corrected chi connectivity index (χ0v) is 13.3. The quantitative estimate of drug-likeness (QED) is 0.826. The van der Waals surface area contributed by atoms with Crippen LogP contribution in [-0.4, -0.2) is 18.2 Å². The van der Waals surface area contributed by atoms with Crippen LogP contribution in [0.3, 0.4) is 0 Å². The van der Waals surface area contributed by atoms with Gasteiger partial charge in [-0.3, -0.25) is 0 Å². The van der Waals surface area contributed by atoms with Gasteiger partial charge in [0.15, 0.2) is 0 Å². The SMILES string of the molecule is Cc1cc(CCNCC2CCc3ccccc3C2)ccc1O. The third-order valence-electron chi connectivity index (χ3n) is 4.73. The molecule has 1 aliphatic rings. The highest BCUT2D eigenvalue weighted by Gasteiger charge is 2.17. The summed E-state index contributed by atoms with van der Waals surface area (Å²) in [4.78, 5) is 0. The molecule has 0 amide bonds. The lowest BCUT2D eigenvalue weighted by molar-refractivity contribution is 0.426. The molecule has 0 saturated carbocycles. The van der Waals surface area contributed by atoms with Gasteiger partial charge in [0.05, 0.1) is 0 Å². The van der Waals surface area contributed by atoms with E-state index in [1.165, 1.54) is 30.4 Å². The number of phenolic OH excluding ortho intramolecular Hbond substituents is 1. The Morgan fingerprint density at radius 2 is 1.95 bits per heavy atom. The van der Waals surface area contributed by atoms with Crippen LogP contribution in [0.15, 0.2) is 42.5 Å². The van der Waals surface area contributed by atoms with E-state index in [1.807, 2.05) is 13.0 Å². The van der Waals surface area contributed by atoms with Crippen molar-refractivity contribution in [1.29, 1.82) is 0 Å². The summed E-state index contributed by atoms with van der Waals surface area (Å²) < 4.78 is 0. The first kappa shape index (κ1) is 15.1. The molecule has 0 fully saturated rings. The molecule has 0 saturated heterocycles. The van der Waals surface area contributed by atoms with Gasteiger partial charge in [-0.15, -0.1) is 0 Å². The molecule has 2 nitrogen and oxygen atoms in total. The lowest BCUT2D eigenvalue weighted by Crippen LogP contribution is -2.28. The maximum absolute atomic E-state index is 9.55. The van der Waals surface area contributed by atoms with Crippen LogP contribution in [0.5, 0.6) is 5.75 Å². The van der Waals surface area contributed by atoms with Crippen molar-refractivity contribution in [3.05, 3.63) is 64.7 Å². The van der Waals surface area contributed by atoms with Crippen LogP contribution in [0, 0.1) is 12.8 Å². The molecule has 0 bridgehead atoms. The Kier molecular flexibility index (Phi) is 4.79. The van der Waals surface area contributed by atoms with Crippen LogP contribution < -0.4 is 5.32 Å². The van der Waals surface area contributed by atoms with Crippen molar-refractivity contribution in [1.82, 2.24) is 5.32 Å². The summed E-state index contributed by atoms with van der Waals surface area (Å²) in [5.41, 5.74) is 5.33. The first-order chi connectivity index (χ1) is 10.7. The van der Waals surface area contributed by atoms with E-state index in [2.05, 4.69) is 35.6 Å². The van der Waals surface area contributed by atoms with E-state index < -0.39 is 0 Å². The molecule has 22 heavy (non-hydrogen) atoms. The molecule has 0 spiro atoms. The molecule has 0 aromatic heterocycles. The third-order valence-corrected chi connectivity index (χ3v) is 4.73. The van der Waals surface area contributed by atoms with Gasteiger partial charge in [-0.25, -0.2) is 0 Å². The van der Waals surface area contributed by atoms with Crippen molar-refractivity contribution in [2.45, 2.75) is 32.6 Å². The van der Waals surface area contributed by atoms with Gasteiger partial charge in [-0.2, -0.15) is 0 Å². The third kappa shape index (κ3) is 3.69. The Hall–Kier alpha value is -1.80. The van der Waals surface area contributed by atoms with Crippen LogP contribution in [0.2, 0.25) is 0 Å². The molecular weight excluding hydrogens is 270 g/mol. The van der Waals surface area contributed by atoms with Gasteiger partial charge in [0.2, 0.25) is 0 Å². The van der Waals surface area contributed by atoms with Crippen LogP contribution in [0.4, 0.5) is 0 Å². The van der Waals surface area contributed by atoms with Crippen LogP contribution in [0.1, 0.15) is 28.7 Å². The fourth-order valence-electron chi connectivity index (χ4n) is 3.36. The van der Waals surface area contributed by atoms with Gasteiger partial charge < -0.3 is 10.4 Å². The minimum absolute atomic E-state index is 0.387. The molecule has 0 radical (unpaired) electrons. The van der Waals surface area contributed by atoms with Gasteiger partial charge in [0.1, 0.15) is 5.75 Å². The summed E-state index contributed by atoms with van der Waals surface area (Å²) in [6.45, 7) is 4.06. The number of aromatic hydroxyl groups is 1. The first-order valence-corrected chi connectivity index (χ1v) is 8.28. The number of hydrogen-bond acceptors (Lipinski definition) is 2. The fraction of sp³-hybridized carbons (Fsp3) is 0.400. The molecular formula is C20H25NO. The second-order valence-electron chi connectivity index (χ2n) is 6.45. The second kappa shape index (κ2) is 6.97. The van der Waals surface area contributed by atoms with E-state index in [1.54, 1.807) is 11.6 Å². The molecule has 116 valence electrons. The number of benzene rings is 2. The Morgan fingerprint density at radius 3 is 2.77 bits per heavy atom. The van der Waals surface area contributed by atoms with Gasteiger partial charge >= 0.3 is 0 Å². The number of rotatable bonds is 5. The minimum atomic E-state index is 0.387. The van der Waals surface area contributed by atoms with E-state index in [0.717, 1.165) is 31.0 Å². The smallest absolute Gasteiger partial charge is 0.118 e. The van der Waals surface area contributed by atoms with E-state index in [-0.39, 0.29) is 0 Å². The summed E-state index contributed by atoms with van der Waals surface area (Å²) in [5.74, 6) is 1.15. The van der Waals surface area contributed by atoms with Crippen LogP contribution in [-0.2, 0) is 19.3 Å². The molecule has 1 unspecified atom stereocenters. The van der Waals surface area contributed by atoms with Crippen LogP contribution >= 0.6 is 0 Å². The Balaban J connectivity index is 1.43. The summed E-state index contributed by atoms with van der Waals surface area (Å²) in [7, 11) is 0. The number of hydrogen-bond donors (Lipinski definition) is 2. The summed E-state index contributed by atoms with van der Waals surface area (Å²) in [6, 6.07) is 14.7. The Morgan fingerprint density at radius 1 is 1.14 bits per heavy atom. The van der Waals surface area contributed by atoms with Crippen molar-refractivity contribution in [3.63, 3.8) is 0 Å². The van der Waals surface area contributed by atoms with E-state index in [0.29, 0.717) is 5.75 Å². The minimum Gasteiger partial charge on any atom is -0.508 e.